The van der Waals surface area contributed by atoms with Crippen LogP contribution in [0.4, 0.5) is 10.3 Å². The fourth-order valence-corrected chi connectivity index (χ4v) is 3.55. The number of benzene rings is 1. The number of piperidine rings is 1. The van der Waals surface area contributed by atoms with E-state index in [-0.39, 0.29) is 5.57 Å². The molecule has 1 saturated heterocycles. The van der Waals surface area contributed by atoms with Crippen molar-refractivity contribution in [2.24, 2.45) is 5.92 Å². The Bertz CT molecular complexity index is 847. The largest absolute Gasteiger partial charge is 0.347 e. The molecular formula is C18H18ClN5OS. The second kappa shape index (κ2) is 8.30. The normalized spacial score (nSPS) is 15.6. The fraction of sp³-hybridized carbons (Fsp3) is 0.333. The molecule has 0 bridgehead atoms. The van der Waals surface area contributed by atoms with Crippen molar-refractivity contribution in [3.63, 3.8) is 0 Å². The Balaban J connectivity index is 1.67. The van der Waals surface area contributed by atoms with E-state index in [0.717, 1.165) is 42.5 Å². The molecule has 2 aromatic rings. The lowest BCUT2D eigenvalue weighted by atomic mass is 10.00. The van der Waals surface area contributed by atoms with Crippen LogP contribution >= 0.6 is 22.9 Å². The smallest absolute Gasteiger partial charge is 0.268 e. The summed E-state index contributed by atoms with van der Waals surface area (Å²) in [6.07, 6.45) is 3.77. The molecule has 0 aliphatic carbocycles. The van der Waals surface area contributed by atoms with E-state index in [0.29, 0.717) is 10.2 Å². The van der Waals surface area contributed by atoms with Gasteiger partial charge in [0.1, 0.15) is 11.6 Å². The monoisotopic (exact) mass is 387 g/mol. The number of rotatable bonds is 4. The third-order valence-electron chi connectivity index (χ3n) is 4.24. The zero-order valence-electron chi connectivity index (χ0n) is 14.3. The summed E-state index contributed by atoms with van der Waals surface area (Å²) >= 11 is 7.17. The van der Waals surface area contributed by atoms with Gasteiger partial charge in [0, 0.05) is 18.1 Å². The molecule has 1 fully saturated rings. The number of halogens is 1. The number of nitrogens with one attached hydrogen (secondary N) is 1. The van der Waals surface area contributed by atoms with E-state index in [2.05, 4.69) is 27.3 Å². The summed E-state index contributed by atoms with van der Waals surface area (Å²) in [4.78, 5) is 14.5. The zero-order valence-corrected chi connectivity index (χ0v) is 15.8. The summed E-state index contributed by atoms with van der Waals surface area (Å²) in [6, 6.07) is 8.82. The van der Waals surface area contributed by atoms with Crippen LogP contribution in [-0.2, 0) is 4.79 Å². The van der Waals surface area contributed by atoms with Gasteiger partial charge in [0.2, 0.25) is 10.3 Å². The first-order valence-electron chi connectivity index (χ1n) is 8.32. The highest BCUT2D eigenvalue weighted by Gasteiger charge is 2.20. The number of nitrogens with zero attached hydrogens (tertiary/aromatic N) is 4. The number of carbonyl (C=O) groups is 1. The van der Waals surface area contributed by atoms with Crippen LogP contribution in [-0.4, -0.2) is 29.2 Å². The second-order valence-corrected chi connectivity index (χ2v) is 7.63. The summed E-state index contributed by atoms with van der Waals surface area (Å²) in [7, 11) is 0. The summed E-state index contributed by atoms with van der Waals surface area (Å²) in [5.74, 6) is 0.229. The van der Waals surface area contributed by atoms with Gasteiger partial charge in [0.15, 0.2) is 0 Å². The second-order valence-electron chi connectivity index (χ2n) is 6.23. The summed E-state index contributed by atoms with van der Waals surface area (Å²) in [5, 5.41) is 21.9. The minimum atomic E-state index is -0.502. The van der Waals surface area contributed by atoms with Crippen molar-refractivity contribution in [3.05, 3.63) is 40.4 Å². The Morgan fingerprint density at radius 1 is 1.35 bits per heavy atom. The van der Waals surface area contributed by atoms with Crippen molar-refractivity contribution < 1.29 is 4.79 Å². The molecule has 0 radical (unpaired) electrons. The van der Waals surface area contributed by atoms with Crippen molar-refractivity contribution >= 4 is 45.2 Å². The molecule has 0 atom stereocenters. The quantitative estimate of drug-likeness (QED) is 0.634. The topological polar surface area (TPSA) is 81.9 Å². The molecule has 6 nitrogen and oxygen atoms in total. The first-order chi connectivity index (χ1) is 12.5. The Morgan fingerprint density at radius 3 is 2.69 bits per heavy atom. The van der Waals surface area contributed by atoms with Gasteiger partial charge < -0.3 is 4.90 Å². The van der Waals surface area contributed by atoms with Gasteiger partial charge >= 0.3 is 0 Å². The van der Waals surface area contributed by atoms with E-state index in [9.17, 15) is 10.1 Å². The molecule has 26 heavy (non-hydrogen) atoms. The fourth-order valence-electron chi connectivity index (χ4n) is 2.63. The molecule has 3 rings (SSSR count). The highest BCUT2D eigenvalue weighted by Crippen LogP contribution is 2.28. The van der Waals surface area contributed by atoms with Crippen LogP contribution in [0.1, 0.15) is 25.3 Å². The maximum Gasteiger partial charge on any atom is 0.268 e. The molecule has 2 heterocycles. The zero-order chi connectivity index (χ0) is 18.5. The first kappa shape index (κ1) is 18.4. The lowest BCUT2D eigenvalue weighted by Crippen LogP contribution is -2.32. The SMILES string of the molecule is CC1CCN(c2nnc(NC(=O)/C(C#N)=C\c3ccc(Cl)cc3)s2)CC1. The van der Waals surface area contributed by atoms with E-state index in [1.165, 1.54) is 17.4 Å². The molecular weight excluding hydrogens is 370 g/mol. The number of aromatic nitrogens is 2. The average Bonchev–Trinajstić information content (AvgIpc) is 3.10. The van der Waals surface area contributed by atoms with Gasteiger partial charge in [-0.15, -0.1) is 10.2 Å². The minimum absolute atomic E-state index is 0.00382. The summed E-state index contributed by atoms with van der Waals surface area (Å²) in [6.45, 7) is 4.15. The molecule has 8 heteroatoms. The molecule has 1 aliphatic rings. The molecule has 0 unspecified atom stereocenters. The van der Waals surface area contributed by atoms with E-state index in [4.69, 9.17) is 11.6 Å². The van der Waals surface area contributed by atoms with E-state index >= 15 is 0 Å². The molecule has 1 aromatic carbocycles. The maximum absolute atomic E-state index is 12.3. The van der Waals surface area contributed by atoms with Crippen molar-refractivity contribution in [3.8, 4) is 6.07 Å². The number of nitriles is 1. The van der Waals surface area contributed by atoms with Gasteiger partial charge in [-0.3, -0.25) is 10.1 Å². The maximum atomic E-state index is 12.3. The predicted molar refractivity (Wildman–Crippen MR) is 104 cm³/mol. The van der Waals surface area contributed by atoms with Gasteiger partial charge in [0.05, 0.1) is 0 Å². The summed E-state index contributed by atoms with van der Waals surface area (Å²) in [5.41, 5.74) is 0.720. The molecule has 0 saturated carbocycles. The minimum Gasteiger partial charge on any atom is -0.347 e. The van der Waals surface area contributed by atoms with E-state index in [1.807, 2.05) is 6.07 Å². The molecule has 1 aliphatic heterocycles. The molecule has 1 N–H and O–H groups in total. The number of hydrogen-bond acceptors (Lipinski definition) is 6. The van der Waals surface area contributed by atoms with Gasteiger partial charge in [0.25, 0.3) is 5.91 Å². The Hall–Kier alpha value is -2.43. The Kier molecular flexibility index (Phi) is 5.86. The van der Waals surface area contributed by atoms with Crippen LogP contribution in [0.2, 0.25) is 5.02 Å². The third kappa shape index (κ3) is 4.59. The van der Waals surface area contributed by atoms with Crippen LogP contribution in [0, 0.1) is 17.2 Å². The van der Waals surface area contributed by atoms with Gasteiger partial charge in [-0.25, -0.2) is 0 Å². The lowest BCUT2D eigenvalue weighted by molar-refractivity contribution is -0.112. The van der Waals surface area contributed by atoms with Crippen LogP contribution in [0.3, 0.4) is 0 Å². The van der Waals surface area contributed by atoms with Crippen molar-refractivity contribution in [2.45, 2.75) is 19.8 Å². The van der Waals surface area contributed by atoms with E-state index in [1.54, 1.807) is 24.3 Å². The number of amides is 1. The van der Waals surface area contributed by atoms with Crippen molar-refractivity contribution in [2.75, 3.05) is 23.3 Å². The van der Waals surface area contributed by atoms with Crippen LogP contribution in [0.15, 0.2) is 29.8 Å². The molecule has 1 amide bonds. The Morgan fingerprint density at radius 2 is 2.04 bits per heavy atom. The van der Waals surface area contributed by atoms with Crippen molar-refractivity contribution in [1.82, 2.24) is 10.2 Å². The summed E-state index contributed by atoms with van der Waals surface area (Å²) < 4.78 is 0. The van der Waals surface area contributed by atoms with E-state index < -0.39 is 5.91 Å². The highest BCUT2D eigenvalue weighted by atomic mass is 35.5. The van der Waals surface area contributed by atoms with Gasteiger partial charge in [-0.2, -0.15) is 5.26 Å². The van der Waals surface area contributed by atoms with Crippen LogP contribution < -0.4 is 10.2 Å². The first-order valence-corrected chi connectivity index (χ1v) is 9.52. The van der Waals surface area contributed by atoms with Crippen LogP contribution in [0.5, 0.6) is 0 Å². The molecule has 1 aromatic heterocycles. The lowest BCUT2D eigenvalue weighted by Gasteiger charge is -2.29. The third-order valence-corrected chi connectivity index (χ3v) is 5.39. The molecule has 134 valence electrons. The van der Waals surface area contributed by atoms with Crippen LogP contribution in [0.25, 0.3) is 6.08 Å². The number of carbonyl (C=O) groups excluding carboxylic acids is 1. The van der Waals surface area contributed by atoms with Gasteiger partial charge in [-0.05, 0) is 42.5 Å². The number of hydrogen-bond donors (Lipinski definition) is 1. The standard InChI is InChI=1S/C18H18ClN5OS/c1-12-6-8-24(9-7-12)18-23-22-17(26-18)21-16(25)14(11-20)10-13-2-4-15(19)5-3-13/h2-5,10,12H,6-9H2,1H3,(H,21,22,25)/b14-10-. The molecule has 0 spiro atoms. The number of anilines is 2. The predicted octanol–water partition coefficient (Wildman–Crippen LogP) is 3.97. The van der Waals surface area contributed by atoms with Crippen molar-refractivity contribution in [1.29, 1.82) is 5.26 Å². The van der Waals surface area contributed by atoms with Gasteiger partial charge in [-0.1, -0.05) is 42.0 Å². The average molecular weight is 388 g/mol. The Labute approximate surface area is 161 Å². The highest BCUT2D eigenvalue weighted by molar-refractivity contribution is 7.19.